The van der Waals surface area contributed by atoms with Gasteiger partial charge in [-0.1, -0.05) is 18.2 Å². The summed E-state index contributed by atoms with van der Waals surface area (Å²) in [6.45, 7) is 0.658. The van der Waals surface area contributed by atoms with E-state index in [2.05, 4.69) is 16.0 Å². The molecule has 168 valence electrons. The Bertz CT molecular complexity index is 884. The SMILES string of the molecule is O=C1CCC(N2Cc3cccc(CNCC4COC(C(F)(F)F)CN4)c3C2=O)C(=O)N1. The minimum atomic E-state index is -4.38. The molecule has 3 aliphatic rings. The molecule has 0 spiro atoms. The zero-order valence-electron chi connectivity index (χ0n) is 16.6. The van der Waals surface area contributed by atoms with Gasteiger partial charge in [0.2, 0.25) is 11.8 Å². The predicted molar refractivity (Wildman–Crippen MR) is 102 cm³/mol. The van der Waals surface area contributed by atoms with Crippen LogP contribution in [0.4, 0.5) is 13.2 Å². The molecule has 3 unspecified atom stereocenters. The summed E-state index contributed by atoms with van der Waals surface area (Å²) in [6, 6.07) is 4.51. The van der Waals surface area contributed by atoms with Gasteiger partial charge in [0.15, 0.2) is 6.10 Å². The molecule has 31 heavy (non-hydrogen) atoms. The van der Waals surface area contributed by atoms with E-state index in [-0.39, 0.29) is 37.4 Å². The highest BCUT2D eigenvalue weighted by atomic mass is 19.4. The average Bonchev–Trinajstić information content (AvgIpc) is 3.05. The molecule has 3 N–H and O–H groups in total. The largest absolute Gasteiger partial charge is 0.415 e. The Hall–Kier alpha value is -2.50. The van der Waals surface area contributed by atoms with Crippen LogP contribution in [0.2, 0.25) is 0 Å². The molecule has 11 heteroatoms. The number of rotatable bonds is 5. The monoisotopic (exact) mass is 440 g/mol. The molecule has 0 saturated carbocycles. The van der Waals surface area contributed by atoms with E-state index in [1.165, 1.54) is 4.90 Å². The topological polar surface area (TPSA) is 99.8 Å². The Morgan fingerprint density at radius 2 is 2.03 bits per heavy atom. The molecule has 3 amide bonds. The molecule has 0 aromatic heterocycles. The molecule has 4 rings (SSSR count). The van der Waals surface area contributed by atoms with Gasteiger partial charge in [0.1, 0.15) is 6.04 Å². The number of hydrogen-bond donors (Lipinski definition) is 3. The van der Waals surface area contributed by atoms with Crippen molar-refractivity contribution in [3.05, 3.63) is 34.9 Å². The van der Waals surface area contributed by atoms with Gasteiger partial charge in [-0.15, -0.1) is 0 Å². The number of hydrogen-bond acceptors (Lipinski definition) is 6. The van der Waals surface area contributed by atoms with Crippen molar-refractivity contribution in [2.24, 2.45) is 0 Å². The number of morpholine rings is 1. The van der Waals surface area contributed by atoms with Crippen LogP contribution < -0.4 is 16.0 Å². The Morgan fingerprint density at radius 1 is 1.23 bits per heavy atom. The van der Waals surface area contributed by atoms with Crippen LogP contribution in [0.3, 0.4) is 0 Å². The molecular formula is C20H23F3N4O4. The zero-order chi connectivity index (χ0) is 22.2. The van der Waals surface area contributed by atoms with E-state index >= 15 is 0 Å². The summed E-state index contributed by atoms with van der Waals surface area (Å²) in [5.74, 6) is -1.05. The van der Waals surface area contributed by atoms with E-state index in [4.69, 9.17) is 4.74 Å². The molecule has 0 aliphatic carbocycles. The Balaban J connectivity index is 1.34. The predicted octanol–water partition coefficient (Wildman–Crippen LogP) is 0.457. The normalized spacial score (nSPS) is 26.7. The first-order valence-electron chi connectivity index (χ1n) is 10.1. The molecule has 2 fully saturated rings. The molecule has 0 radical (unpaired) electrons. The number of imide groups is 1. The number of benzene rings is 1. The molecule has 8 nitrogen and oxygen atoms in total. The maximum atomic E-state index is 13.0. The minimum absolute atomic E-state index is 0.0632. The fourth-order valence-corrected chi connectivity index (χ4v) is 4.18. The maximum Gasteiger partial charge on any atom is 0.415 e. The third kappa shape index (κ3) is 4.58. The van der Waals surface area contributed by atoms with Crippen LogP contribution in [-0.2, 0) is 27.4 Å². The first kappa shape index (κ1) is 21.7. The number of piperidine rings is 1. The summed E-state index contributed by atoms with van der Waals surface area (Å²) < 4.78 is 42.9. The Labute approximate surface area is 176 Å². The smallest absolute Gasteiger partial charge is 0.366 e. The van der Waals surface area contributed by atoms with Gasteiger partial charge in [-0.25, -0.2) is 0 Å². The van der Waals surface area contributed by atoms with E-state index in [1.807, 2.05) is 18.2 Å². The number of amides is 3. The number of carbonyl (C=O) groups is 3. The molecular weight excluding hydrogens is 417 g/mol. The quantitative estimate of drug-likeness (QED) is 0.576. The standard InChI is InChI=1S/C20H23F3N4O4/c21-20(22,23)15-8-25-13(10-31-15)7-24-6-11-2-1-3-12-9-27(19(30)17(11)12)14-4-5-16(28)26-18(14)29/h1-3,13-15,24-25H,4-10H2,(H,26,28,29). The minimum Gasteiger partial charge on any atom is -0.366 e. The van der Waals surface area contributed by atoms with Crippen molar-refractivity contribution in [2.45, 2.75) is 50.3 Å². The lowest BCUT2D eigenvalue weighted by Crippen LogP contribution is -2.54. The van der Waals surface area contributed by atoms with Crippen molar-refractivity contribution in [1.29, 1.82) is 0 Å². The van der Waals surface area contributed by atoms with Crippen LogP contribution in [-0.4, -0.2) is 66.7 Å². The highest BCUT2D eigenvalue weighted by molar-refractivity contribution is 6.05. The van der Waals surface area contributed by atoms with Crippen molar-refractivity contribution in [3.8, 4) is 0 Å². The number of fused-ring (bicyclic) bond motifs is 1. The van der Waals surface area contributed by atoms with Gasteiger partial charge in [0, 0.05) is 44.2 Å². The molecule has 3 aliphatic heterocycles. The zero-order valence-corrected chi connectivity index (χ0v) is 16.6. The summed E-state index contributed by atoms with van der Waals surface area (Å²) in [5, 5.41) is 8.27. The summed E-state index contributed by atoms with van der Waals surface area (Å²) >= 11 is 0. The maximum absolute atomic E-state index is 13.0. The van der Waals surface area contributed by atoms with Gasteiger partial charge >= 0.3 is 6.18 Å². The highest BCUT2D eigenvalue weighted by Gasteiger charge is 2.43. The van der Waals surface area contributed by atoms with Crippen molar-refractivity contribution >= 4 is 17.7 Å². The van der Waals surface area contributed by atoms with Gasteiger partial charge in [0.25, 0.3) is 5.91 Å². The fourth-order valence-electron chi connectivity index (χ4n) is 4.18. The van der Waals surface area contributed by atoms with Crippen molar-refractivity contribution < 1.29 is 32.3 Å². The third-order valence-electron chi connectivity index (χ3n) is 5.80. The molecule has 1 aromatic rings. The molecule has 0 bridgehead atoms. The molecule has 2 saturated heterocycles. The van der Waals surface area contributed by atoms with Gasteiger partial charge < -0.3 is 20.3 Å². The molecule has 1 aromatic carbocycles. The number of nitrogens with one attached hydrogen (secondary N) is 3. The van der Waals surface area contributed by atoms with Crippen molar-refractivity contribution in [2.75, 3.05) is 19.7 Å². The Kier molecular flexibility index (Phi) is 6.00. The Morgan fingerprint density at radius 3 is 2.71 bits per heavy atom. The third-order valence-corrected chi connectivity index (χ3v) is 5.80. The fraction of sp³-hybridized carbons (Fsp3) is 0.550. The lowest BCUT2D eigenvalue weighted by molar-refractivity contribution is -0.228. The molecule has 3 atom stereocenters. The van der Waals surface area contributed by atoms with Crippen LogP contribution in [0.15, 0.2) is 18.2 Å². The van der Waals surface area contributed by atoms with Crippen molar-refractivity contribution in [1.82, 2.24) is 20.9 Å². The summed E-state index contributed by atoms with van der Waals surface area (Å²) in [7, 11) is 0. The second-order valence-electron chi connectivity index (χ2n) is 7.95. The van der Waals surface area contributed by atoms with Crippen LogP contribution in [0, 0.1) is 0 Å². The van der Waals surface area contributed by atoms with Gasteiger partial charge in [-0.2, -0.15) is 13.2 Å². The first-order valence-corrected chi connectivity index (χ1v) is 10.1. The summed E-state index contributed by atoms with van der Waals surface area (Å²) in [6.07, 6.45) is -5.69. The number of nitrogens with zero attached hydrogens (tertiary/aromatic N) is 1. The second kappa shape index (κ2) is 8.56. The number of carbonyl (C=O) groups excluding carboxylic acids is 3. The first-order chi connectivity index (χ1) is 14.7. The average molecular weight is 440 g/mol. The van der Waals surface area contributed by atoms with Crippen LogP contribution in [0.1, 0.15) is 34.3 Å². The van der Waals surface area contributed by atoms with Gasteiger partial charge in [-0.3, -0.25) is 19.7 Å². The number of ether oxygens (including phenoxy) is 1. The van der Waals surface area contributed by atoms with Gasteiger partial charge in [0.05, 0.1) is 6.61 Å². The van der Waals surface area contributed by atoms with E-state index in [9.17, 15) is 27.6 Å². The van der Waals surface area contributed by atoms with Crippen LogP contribution in [0.5, 0.6) is 0 Å². The van der Waals surface area contributed by atoms with Crippen LogP contribution in [0.25, 0.3) is 0 Å². The van der Waals surface area contributed by atoms with E-state index in [0.717, 1.165) is 11.1 Å². The summed E-state index contributed by atoms with van der Waals surface area (Å²) in [4.78, 5) is 38.1. The highest BCUT2D eigenvalue weighted by Crippen LogP contribution is 2.30. The van der Waals surface area contributed by atoms with E-state index in [0.29, 0.717) is 31.6 Å². The van der Waals surface area contributed by atoms with Gasteiger partial charge in [-0.05, 0) is 17.5 Å². The lowest BCUT2D eigenvalue weighted by Gasteiger charge is -2.31. The van der Waals surface area contributed by atoms with E-state index in [1.54, 1.807) is 0 Å². The van der Waals surface area contributed by atoms with Crippen molar-refractivity contribution in [3.63, 3.8) is 0 Å². The van der Waals surface area contributed by atoms with Crippen LogP contribution >= 0.6 is 0 Å². The lowest BCUT2D eigenvalue weighted by atomic mass is 10.0. The second-order valence-corrected chi connectivity index (χ2v) is 7.95. The molecule has 3 heterocycles. The number of halogens is 3. The number of alkyl halides is 3. The van der Waals surface area contributed by atoms with E-state index < -0.39 is 24.2 Å². The summed E-state index contributed by atoms with van der Waals surface area (Å²) in [5.41, 5.74) is 2.09.